The van der Waals surface area contributed by atoms with Crippen molar-refractivity contribution in [3.8, 4) is 11.5 Å². The first-order chi connectivity index (χ1) is 9.22. The van der Waals surface area contributed by atoms with Crippen LogP contribution in [0.15, 0.2) is 52.3 Å². The van der Waals surface area contributed by atoms with Crippen molar-refractivity contribution in [3.63, 3.8) is 0 Å². The van der Waals surface area contributed by atoms with Gasteiger partial charge in [0.25, 0.3) is 0 Å². The Labute approximate surface area is 123 Å². The minimum absolute atomic E-state index is 0.269. The van der Waals surface area contributed by atoms with Gasteiger partial charge in [-0.05, 0) is 62.4 Å². The summed E-state index contributed by atoms with van der Waals surface area (Å²) in [5.41, 5.74) is 0. The van der Waals surface area contributed by atoms with Crippen molar-refractivity contribution >= 4 is 38.0 Å². The van der Waals surface area contributed by atoms with E-state index in [-0.39, 0.29) is 5.75 Å². The molecule has 0 spiro atoms. The molecule has 1 heterocycles. The van der Waals surface area contributed by atoms with Crippen LogP contribution in [0.25, 0.3) is 10.8 Å². The predicted octanol–water partition coefficient (Wildman–Crippen LogP) is 4.95. The van der Waals surface area contributed by atoms with Gasteiger partial charge >= 0.3 is 0 Å². The summed E-state index contributed by atoms with van der Waals surface area (Å²) in [6.07, 6.45) is 0. The highest BCUT2D eigenvalue weighted by Crippen LogP contribution is 2.27. The summed E-state index contributed by atoms with van der Waals surface area (Å²) in [4.78, 5) is 1.16. The number of hydrogen-bond donors (Lipinski definition) is 1. The molecule has 2 aromatic carbocycles. The summed E-state index contributed by atoms with van der Waals surface area (Å²) >= 11 is 5.15. The molecule has 0 aliphatic heterocycles. The van der Waals surface area contributed by atoms with Crippen molar-refractivity contribution in [1.82, 2.24) is 0 Å². The van der Waals surface area contributed by atoms with E-state index in [1.165, 1.54) is 0 Å². The predicted molar refractivity (Wildman–Crippen MR) is 82.0 cm³/mol. The van der Waals surface area contributed by atoms with Gasteiger partial charge in [0.1, 0.15) is 18.1 Å². The molecule has 0 aliphatic rings. The fourth-order valence-corrected chi connectivity index (χ4v) is 3.26. The number of phenols is 1. The second-order valence-electron chi connectivity index (χ2n) is 4.17. The fraction of sp³-hybridized carbons (Fsp3) is 0.0667. The Kier molecular flexibility index (Phi) is 3.44. The largest absolute Gasteiger partial charge is 0.508 e. The normalized spacial score (nSPS) is 10.8. The maximum absolute atomic E-state index is 9.49. The molecule has 0 bridgehead atoms. The molecule has 0 amide bonds. The van der Waals surface area contributed by atoms with Gasteiger partial charge in [0, 0.05) is 4.47 Å². The third kappa shape index (κ3) is 2.74. The first kappa shape index (κ1) is 12.5. The maximum Gasteiger partial charge on any atom is 0.124 e. The van der Waals surface area contributed by atoms with Crippen molar-refractivity contribution in [2.24, 2.45) is 0 Å². The minimum atomic E-state index is 0.269. The molecule has 0 saturated heterocycles. The van der Waals surface area contributed by atoms with Crippen molar-refractivity contribution in [2.75, 3.05) is 0 Å². The van der Waals surface area contributed by atoms with Crippen molar-refractivity contribution in [1.29, 1.82) is 0 Å². The highest BCUT2D eigenvalue weighted by Gasteiger charge is 2.03. The van der Waals surface area contributed by atoms with E-state index in [9.17, 15) is 5.11 Å². The van der Waals surface area contributed by atoms with E-state index < -0.39 is 0 Å². The Bertz CT molecular complexity index is 721. The molecule has 1 N–H and O–H groups in total. The van der Waals surface area contributed by atoms with Gasteiger partial charge in [-0.15, -0.1) is 11.3 Å². The standard InChI is InChI=1S/C15H11BrO2S/c16-14-5-6-19-15(14)9-18-13-4-2-10-1-3-12(17)7-11(10)8-13/h1-8,17H,9H2. The molecule has 19 heavy (non-hydrogen) atoms. The number of thiophene rings is 1. The van der Waals surface area contributed by atoms with Crippen molar-refractivity contribution in [2.45, 2.75) is 6.61 Å². The Balaban J connectivity index is 1.83. The van der Waals surface area contributed by atoms with Crippen LogP contribution in [0.3, 0.4) is 0 Å². The number of hydrogen-bond acceptors (Lipinski definition) is 3. The molecule has 4 heteroatoms. The van der Waals surface area contributed by atoms with Crippen LogP contribution in [0.5, 0.6) is 11.5 Å². The van der Waals surface area contributed by atoms with E-state index in [4.69, 9.17) is 4.74 Å². The Hall–Kier alpha value is -1.52. The van der Waals surface area contributed by atoms with E-state index in [1.807, 2.05) is 35.7 Å². The molecular weight excluding hydrogens is 324 g/mol. The minimum Gasteiger partial charge on any atom is -0.508 e. The Morgan fingerprint density at radius 1 is 1.05 bits per heavy atom. The van der Waals surface area contributed by atoms with Crippen LogP contribution in [0.1, 0.15) is 4.88 Å². The number of ether oxygens (including phenoxy) is 1. The zero-order valence-corrected chi connectivity index (χ0v) is 12.4. The van der Waals surface area contributed by atoms with Gasteiger partial charge in [-0.3, -0.25) is 0 Å². The van der Waals surface area contributed by atoms with Gasteiger partial charge in [0.15, 0.2) is 0 Å². The summed E-state index contributed by atoms with van der Waals surface area (Å²) < 4.78 is 6.86. The van der Waals surface area contributed by atoms with Crippen LogP contribution < -0.4 is 4.74 Å². The lowest BCUT2D eigenvalue weighted by Crippen LogP contribution is -1.93. The van der Waals surface area contributed by atoms with Crippen LogP contribution in [-0.4, -0.2) is 5.11 Å². The molecule has 0 aliphatic carbocycles. The Morgan fingerprint density at radius 2 is 1.89 bits per heavy atom. The maximum atomic E-state index is 9.49. The monoisotopic (exact) mass is 334 g/mol. The molecule has 3 rings (SSSR count). The van der Waals surface area contributed by atoms with E-state index in [0.717, 1.165) is 25.9 Å². The second kappa shape index (κ2) is 5.23. The Morgan fingerprint density at radius 3 is 2.68 bits per heavy atom. The number of benzene rings is 2. The molecule has 0 atom stereocenters. The second-order valence-corrected chi connectivity index (χ2v) is 6.03. The number of rotatable bonds is 3. The topological polar surface area (TPSA) is 29.5 Å². The van der Waals surface area contributed by atoms with Crippen molar-refractivity contribution < 1.29 is 9.84 Å². The van der Waals surface area contributed by atoms with E-state index >= 15 is 0 Å². The van der Waals surface area contributed by atoms with Crippen molar-refractivity contribution in [3.05, 3.63) is 57.2 Å². The van der Waals surface area contributed by atoms with Crippen LogP contribution >= 0.6 is 27.3 Å². The van der Waals surface area contributed by atoms with Gasteiger partial charge in [0.2, 0.25) is 0 Å². The molecule has 2 nitrogen and oxygen atoms in total. The molecular formula is C15H11BrO2S. The van der Waals surface area contributed by atoms with Gasteiger partial charge < -0.3 is 9.84 Å². The van der Waals surface area contributed by atoms with Crippen LogP contribution in [-0.2, 0) is 6.61 Å². The summed E-state index contributed by atoms with van der Waals surface area (Å²) in [5.74, 6) is 1.07. The number of phenolic OH excluding ortho intramolecular Hbond substituents is 1. The average molecular weight is 335 g/mol. The number of halogens is 1. The van der Waals surface area contributed by atoms with E-state index in [1.54, 1.807) is 23.5 Å². The van der Waals surface area contributed by atoms with Gasteiger partial charge in [-0.2, -0.15) is 0 Å². The summed E-state index contributed by atoms with van der Waals surface area (Å²) in [6, 6.07) is 13.2. The van der Waals surface area contributed by atoms with E-state index in [0.29, 0.717) is 6.61 Å². The van der Waals surface area contributed by atoms with Gasteiger partial charge in [0.05, 0.1) is 4.88 Å². The highest BCUT2D eigenvalue weighted by atomic mass is 79.9. The fourth-order valence-electron chi connectivity index (χ4n) is 1.88. The molecule has 0 saturated carbocycles. The number of fused-ring (bicyclic) bond motifs is 1. The summed E-state index contributed by atoms with van der Waals surface area (Å²) in [7, 11) is 0. The van der Waals surface area contributed by atoms with Crippen LogP contribution in [0.2, 0.25) is 0 Å². The SMILES string of the molecule is Oc1ccc2ccc(OCc3sccc3Br)cc2c1. The quantitative estimate of drug-likeness (QED) is 0.734. The van der Waals surface area contributed by atoms with Gasteiger partial charge in [-0.1, -0.05) is 12.1 Å². The average Bonchev–Trinajstić information content (AvgIpc) is 2.81. The third-order valence-corrected chi connectivity index (χ3v) is 4.76. The molecule has 96 valence electrons. The molecule has 0 fully saturated rings. The highest BCUT2D eigenvalue weighted by molar-refractivity contribution is 9.10. The van der Waals surface area contributed by atoms with E-state index in [2.05, 4.69) is 15.9 Å². The summed E-state index contributed by atoms with van der Waals surface area (Å²) in [5, 5.41) is 13.6. The number of aromatic hydroxyl groups is 1. The van der Waals surface area contributed by atoms with Crippen LogP contribution in [0, 0.1) is 0 Å². The summed E-state index contributed by atoms with van der Waals surface area (Å²) in [6.45, 7) is 0.544. The smallest absolute Gasteiger partial charge is 0.124 e. The first-order valence-electron chi connectivity index (χ1n) is 5.80. The third-order valence-electron chi connectivity index (χ3n) is 2.86. The zero-order chi connectivity index (χ0) is 13.2. The zero-order valence-electron chi connectivity index (χ0n) is 9.97. The van der Waals surface area contributed by atoms with Crippen LogP contribution in [0.4, 0.5) is 0 Å². The molecule has 0 unspecified atom stereocenters. The lowest BCUT2D eigenvalue weighted by molar-refractivity contribution is 0.309. The molecule has 1 aromatic heterocycles. The van der Waals surface area contributed by atoms with Gasteiger partial charge in [-0.25, -0.2) is 0 Å². The first-order valence-corrected chi connectivity index (χ1v) is 7.47. The lowest BCUT2D eigenvalue weighted by Gasteiger charge is -2.07. The molecule has 3 aromatic rings. The molecule has 0 radical (unpaired) electrons. The lowest BCUT2D eigenvalue weighted by atomic mass is 10.1.